The largest absolute Gasteiger partial charge is 0.321 e. The Morgan fingerprint density at radius 3 is 2.30 bits per heavy atom. The predicted molar refractivity (Wildman–Crippen MR) is 117 cm³/mol. The molecule has 0 aliphatic heterocycles. The van der Waals surface area contributed by atoms with Gasteiger partial charge in [0, 0.05) is 16.9 Å². The Balaban J connectivity index is 1.86. The number of aryl methyl sites for hydroxylation is 1. The molecular weight excluding hydrogens is 403 g/mol. The lowest BCUT2D eigenvalue weighted by Crippen LogP contribution is -2.17. The van der Waals surface area contributed by atoms with E-state index in [0.717, 1.165) is 28.9 Å². The van der Waals surface area contributed by atoms with E-state index in [-0.39, 0.29) is 22.1 Å². The molecular formula is C23H23FN2O3S. The van der Waals surface area contributed by atoms with Crippen LogP contribution in [0.3, 0.4) is 0 Å². The highest BCUT2D eigenvalue weighted by atomic mass is 32.2. The van der Waals surface area contributed by atoms with Crippen molar-refractivity contribution in [2.75, 3.05) is 10.0 Å². The van der Waals surface area contributed by atoms with Crippen molar-refractivity contribution in [2.24, 2.45) is 0 Å². The van der Waals surface area contributed by atoms with Gasteiger partial charge in [-0.15, -0.1) is 0 Å². The van der Waals surface area contributed by atoms with E-state index in [1.165, 1.54) is 30.3 Å². The average molecular weight is 427 g/mol. The van der Waals surface area contributed by atoms with Gasteiger partial charge in [-0.3, -0.25) is 9.52 Å². The van der Waals surface area contributed by atoms with Gasteiger partial charge in [-0.1, -0.05) is 38.1 Å². The highest BCUT2D eigenvalue weighted by molar-refractivity contribution is 7.92. The minimum Gasteiger partial charge on any atom is -0.321 e. The molecule has 0 spiro atoms. The first-order chi connectivity index (χ1) is 14.2. The zero-order valence-corrected chi connectivity index (χ0v) is 17.8. The summed E-state index contributed by atoms with van der Waals surface area (Å²) in [5.74, 6) is -0.648. The van der Waals surface area contributed by atoms with Crippen molar-refractivity contribution in [3.63, 3.8) is 0 Å². The molecule has 3 aromatic rings. The molecule has 30 heavy (non-hydrogen) atoms. The van der Waals surface area contributed by atoms with E-state index in [1.54, 1.807) is 6.07 Å². The highest BCUT2D eigenvalue weighted by Gasteiger charge is 2.18. The van der Waals surface area contributed by atoms with Crippen LogP contribution in [0, 0.1) is 12.7 Å². The van der Waals surface area contributed by atoms with Crippen molar-refractivity contribution in [2.45, 2.75) is 31.6 Å². The summed E-state index contributed by atoms with van der Waals surface area (Å²) in [5, 5.41) is 2.92. The highest BCUT2D eigenvalue weighted by Crippen LogP contribution is 2.28. The van der Waals surface area contributed by atoms with Crippen LogP contribution in [0.5, 0.6) is 0 Å². The van der Waals surface area contributed by atoms with Gasteiger partial charge in [0.15, 0.2) is 0 Å². The van der Waals surface area contributed by atoms with E-state index in [2.05, 4.69) is 10.0 Å². The van der Waals surface area contributed by atoms with Crippen LogP contribution < -0.4 is 10.0 Å². The van der Waals surface area contributed by atoms with E-state index in [4.69, 9.17) is 0 Å². The van der Waals surface area contributed by atoms with E-state index in [9.17, 15) is 17.6 Å². The molecule has 0 unspecified atom stereocenters. The number of amides is 1. The van der Waals surface area contributed by atoms with Gasteiger partial charge >= 0.3 is 0 Å². The molecule has 5 nitrogen and oxygen atoms in total. The number of rotatable bonds is 6. The number of hydrogen-bond acceptors (Lipinski definition) is 3. The maximum Gasteiger partial charge on any atom is 0.261 e. The van der Waals surface area contributed by atoms with Crippen LogP contribution in [-0.2, 0) is 10.0 Å². The number of para-hydroxylation sites is 1. The topological polar surface area (TPSA) is 75.3 Å². The van der Waals surface area contributed by atoms with Crippen molar-refractivity contribution in [1.82, 2.24) is 0 Å². The maximum atomic E-state index is 13.0. The Labute approximate surface area is 176 Å². The number of carbonyl (C=O) groups is 1. The monoisotopic (exact) mass is 426 g/mol. The lowest BCUT2D eigenvalue weighted by atomic mass is 9.98. The summed E-state index contributed by atoms with van der Waals surface area (Å²) < 4.78 is 40.8. The fourth-order valence-corrected chi connectivity index (χ4v) is 4.17. The van der Waals surface area contributed by atoms with Crippen molar-refractivity contribution >= 4 is 27.3 Å². The number of hydrogen-bond donors (Lipinski definition) is 2. The van der Waals surface area contributed by atoms with Crippen LogP contribution in [0.1, 0.15) is 41.3 Å². The number of anilines is 2. The number of sulfonamides is 1. The zero-order chi connectivity index (χ0) is 21.9. The van der Waals surface area contributed by atoms with E-state index in [1.807, 2.05) is 39.0 Å². The molecule has 0 radical (unpaired) electrons. The van der Waals surface area contributed by atoms with Crippen LogP contribution in [0.2, 0.25) is 0 Å². The van der Waals surface area contributed by atoms with Crippen LogP contribution >= 0.6 is 0 Å². The molecule has 7 heteroatoms. The fourth-order valence-electron chi connectivity index (χ4n) is 3.06. The molecule has 2 N–H and O–H groups in total. The summed E-state index contributed by atoms with van der Waals surface area (Å²) in [4.78, 5) is 12.8. The number of benzene rings is 3. The second-order valence-corrected chi connectivity index (χ2v) is 8.97. The van der Waals surface area contributed by atoms with Gasteiger partial charge < -0.3 is 5.32 Å². The Hall–Kier alpha value is -3.19. The standard InChI is InChI=1S/C23H23FN2O3S/c1-15(2)21-9-4-6-16(3)22(21)25-23(27)17-7-5-8-20(14-17)30(28,29)26-19-12-10-18(24)11-13-19/h4-15,26H,1-3H3,(H,25,27). The SMILES string of the molecule is Cc1cccc(C(C)C)c1NC(=O)c1cccc(S(=O)(=O)Nc2ccc(F)cc2)c1. The second-order valence-electron chi connectivity index (χ2n) is 7.29. The Morgan fingerprint density at radius 2 is 1.63 bits per heavy atom. The van der Waals surface area contributed by atoms with Gasteiger partial charge in [-0.05, 0) is 66.4 Å². The molecule has 0 aromatic heterocycles. The van der Waals surface area contributed by atoms with Gasteiger partial charge in [-0.25, -0.2) is 12.8 Å². The Kier molecular flexibility index (Phi) is 6.22. The molecule has 0 aliphatic carbocycles. The van der Waals surface area contributed by atoms with E-state index >= 15 is 0 Å². The number of halogens is 1. The average Bonchev–Trinajstić information content (AvgIpc) is 2.71. The Bertz CT molecular complexity index is 1170. The van der Waals surface area contributed by atoms with Crippen LogP contribution in [0.4, 0.5) is 15.8 Å². The Morgan fingerprint density at radius 1 is 0.967 bits per heavy atom. The molecule has 156 valence electrons. The zero-order valence-electron chi connectivity index (χ0n) is 16.9. The maximum absolute atomic E-state index is 13.0. The third-order valence-electron chi connectivity index (χ3n) is 4.67. The second kappa shape index (κ2) is 8.67. The summed E-state index contributed by atoms with van der Waals surface area (Å²) >= 11 is 0. The summed E-state index contributed by atoms with van der Waals surface area (Å²) in [6.45, 7) is 5.99. The van der Waals surface area contributed by atoms with Gasteiger partial charge in [0.1, 0.15) is 5.82 Å². The molecule has 3 rings (SSSR count). The van der Waals surface area contributed by atoms with E-state index < -0.39 is 21.7 Å². The van der Waals surface area contributed by atoms with Crippen LogP contribution in [0.25, 0.3) is 0 Å². The normalized spacial score (nSPS) is 11.4. The van der Waals surface area contributed by atoms with Crippen molar-refractivity contribution < 1.29 is 17.6 Å². The van der Waals surface area contributed by atoms with Gasteiger partial charge in [0.05, 0.1) is 4.90 Å². The fraction of sp³-hybridized carbons (Fsp3) is 0.174. The summed E-state index contributed by atoms with van der Waals surface area (Å²) in [5.41, 5.74) is 3.11. The van der Waals surface area contributed by atoms with Crippen LogP contribution in [-0.4, -0.2) is 14.3 Å². The van der Waals surface area contributed by atoms with Crippen molar-refractivity contribution in [3.8, 4) is 0 Å². The first-order valence-corrected chi connectivity index (χ1v) is 10.9. The lowest BCUT2D eigenvalue weighted by molar-refractivity contribution is 0.102. The van der Waals surface area contributed by atoms with Gasteiger partial charge in [0.2, 0.25) is 0 Å². The third kappa shape index (κ3) is 4.86. The molecule has 0 saturated heterocycles. The quantitative estimate of drug-likeness (QED) is 0.561. The number of nitrogens with one attached hydrogen (secondary N) is 2. The molecule has 0 fully saturated rings. The summed E-state index contributed by atoms with van der Waals surface area (Å²) in [7, 11) is -3.94. The molecule has 0 aliphatic rings. The minimum atomic E-state index is -3.94. The van der Waals surface area contributed by atoms with E-state index in [0.29, 0.717) is 0 Å². The van der Waals surface area contributed by atoms with Crippen LogP contribution in [0.15, 0.2) is 71.6 Å². The summed E-state index contributed by atoms with van der Waals surface area (Å²) in [6, 6.07) is 16.6. The summed E-state index contributed by atoms with van der Waals surface area (Å²) in [6.07, 6.45) is 0. The smallest absolute Gasteiger partial charge is 0.261 e. The first-order valence-electron chi connectivity index (χ1n) is 9.46. The molecule has 1 amide bonds. The molecule has 0 bridgehead atoms. The molecule has 3 aromatic carbocycles. The first kappa shape index (κ1) is 21.5. The van der Waals surface area contributed by atoms with Crippen molar-refractivity contribution in [1.29, 1.82) is 0 Å². The van der Waals surface area contributed by atoms with Crippen molar-refractivity contribution in [3.05, 3.63) is 89.2 Å². The van der Waals surface area contributed by atoms with Gasteiger partial charge in [-0.2, -0.15) is 0 Å². The van der Waals surface area contributed by atoms with Gasteiger partial charge in [0.25, 0.3) is 15.9 Å². The lowest BCUT2D eigenvalue weighted by Gasteiger charge is -2.16. The minimum absolute atomic E-state index is 0.0617. The molecule has 0 saturated carbocycles. The molecule has 0 atom stereocenters. The predicted octanol–water partition coefficient (Wildman–Crippen LogP) is 5.31. The molecule has 0 heterocycles. The third-order valence-corrected chi connectivity index (χ3v) is 6.05. The number of carbonyl (C=O) groups excluding carboxylic acids is 1.